The number of H-pyrrole nitrogens is 1. The normalized spacial score (nSPS) is 14.1. The molecule has 1 amide bonds. The Kier molecular flexibility index (Phi) is 4.50. The summed E-state index contributed by atoms with van der Waals surface area (Å²) < 4.78 is 23.9. The van der Waals surface area contributed by atoms with E-state index in [-0.39, 0.29) is 17.5 Å². The van der Waals surface area contributed by atoms with Crippen LogP contribution in [0.3, 0.4) is 0 Å². The van der Waals surface area contributed by atoms with E-state index in [1.54, 1.807) is 32.3 Å². The van der Waals surface area contributed by atoms with Gasteiger partial charge in [0, 0.05) is 24.7 Å². The number of halogens is 1. The van der Waals surface area contributed by atoms with Gasteiger partial charge in [0.05, 0.1) is 11.9 Å². The van der Waals surface area contributed by atoms with E-state index in [0.29, 0.717) is 25.5 Å². The first-order valence-corrected chi connectivity index (χ1v) is 7.56. The number of carbonyl (C=O) groups excluding carboxylic acids is 1. The predicted octanol–water partition coefficient (Wildman–Crippen LogP) is 2.45. The molecule has 1 aliphatic rings. The van der Waals surface area contributed by atoms with Gasteiger partial charge in [-0.1, -0.05) is 0 Å². The Bertz CT molecular complexity index is 768. The molecule has 3 rings (SSSR count). The summed E-state index contributed by atoms with van der Waals surface area (Å²) in [5.41, 5.74) is 2.38. The topological polar surface area (TPSA) is 67.5 Å². The first kappa shape index (κ1) is 16.0. The van der Waals surface area contributed by atoms with Crippen LogP contribution in [0.25, 0.3) is 11.3 Å². The Labute approximate surface area is 138 Å². The number of aromatic nitrogens is 2. The molecule has 126 valence electrons. The molecule has 2 heterocycles. The average molecular weight is 331 g/mol. The Hall–Kier alpha value is -2.83. The van der Waals surface area contributed by atoms with Gasteiger partial charge in [-0.05, 0) is 31.2 Å². The van der Waals surface area contributed by atoms with Crippen molar-refractivity contribution in [2.24, 2.45) is 0 Å². The molecule has 0 fully saturated rings. The van der Waals surface area contributed by atoms with Crippen molar-refractivity contribution in [3.05, 3.63) is 53.4 Å². The van der Waals surface area contributed by atoms with Gasteiger partial charge in [-0.3, -0.25) is 9.89 Å². The predicted molar refractivity (Wildman–Crippen MR) is 85.1 cm³/mol. The summed E-state index contributed by atoms with van der Waals surface area (Å²) in [7, 11) is 1.68. The van der Waals surface area contributed by atoms with Crippen molar-refractivity contribution < 1.29 is 18.7 Å². The zero-order chi connectivity index (χ0) is 17.1. The van der Waals surface area contributed by atoms with Crippen LogP contribution in [0.1, 0.15) is 12.5 Å². The van der Waals surface area contributed by atoms with Crippen molar-refractivity contribution >= 4 is 5.91 Å². The van der Waals surface area contributed by atoms with Gasteiger partial charge in [0.15, 0.2) is 0 Å². The summed E-state index contributed by atoms with van der Waals surface area (Å²) in [6.07, 6.45) is 1.65. The van der Waals surface area contributed by atoms with Crippen molar-refractivity contribution in [1.82, 2.24) is 15.1 Å². The van der Waals surface area contributed by atoms with Crippen LogP contribution in [-0.2, 0) is 20.8 Å². The fraction of sp³-hybridized carbons (Fsp3) is 0.294. The Morgan fingerprint density at radius 1 is 1.29 bits per heavy atom. The number of hydrogen-bond donors (Lipinski definition) is 1. The molecule has 1 aromatic carbocycles. The van der Waals surface area contributed by atoms with Crippen molar-refractivity contribution in [2.45, 2.75) is 13.5 Å². The number of likely N-dealkylation sites (N-methyl/N-ethyl adjacent to an activating group) is 1. The largest absolute Gasteiger partial charge is 0.491 e. The molecule has 24 heavy (non-hydrogen) atoms. The molecule has 1 aromatic heterocycles. The Balaban J connectivity index is 1.78. The highest BCUT2D eigenvalue weighted by Crippen LogP contribution is 2.23. The summed E-state index contributed by atoms with van der Waals surface area (Å²) in [6.45, 7) is 2.85. The molecule has 0 saturated heterocycles. The van der Waals surface area contributed by atoms with E-state index in [4.69, 9.17) is 9.47 Å². The van der Waals surface area contributed by atoms with Gasteiger partial charge < -0.3 is 14.4 Å². The summed E-state index contributed by atoms with van der Waals surface area (Å²) in [6, 6.07) is 6.10. The van der Waals surface area contributed by atoms with Crippen molar-refractivity contribution in [3.63, 3.8) is 0 Å². The highest BCUT2D eigenvalue weighted by molar-refractivity contribution is 5.91. The van der Waals surface area contributed by atoms with Crippen molar-refractivity contribution in [2.75, 3.05) is 20.3 Å². The van der Waals surface area contributed by atoms with Crippen LogP contribution in [0.2, 0.25) is 0 Å². The molecule has 0 bridgehead atoms. The number of amides is 1. The van der Waals surface area contributed by atoms with Crippen LogP contribution in [0.5, 0.6) is 0 Å². The van der Waals surface area contributed by atoms with Gasteiger partial charge in [0.2, 0.25) is 5.76 Å². The maximum Gasteiger partial charge on any atom is 0.292 e. The molecule has 0 atom stereocenters. The third-order valence-corrected chi connectivity index (χ3v) is 3.77. The average Bonchev–Trinajstić information content (AvgIpc) is 3.03. The third kappa shape index (κ3) is 3.24. The van der Waals surface area contributed by atoms with E-state index in [2.05, 4.69) is 10.2 Å². The van der Waals surface area contributed by atoms with E-state index >= 15 is 0 Å². The number of aromatic amines is 1. The molecule has 0 aliphatic carbocycles. The molecule has 0 radical (unpaired) electrons. The lowest BCUT2D eigenvalue weighted by Gasteiger charge is -2.23. The maximum absolute atomic E-state index is 13.1. The molecular weight excluding hydrogens is 313 g/mol. The second kappa shape index (κ2) is 6.74. The summed E-state index contributed by atoms with van der Waals surface area (Å²) in [4.78, 5) is 14.0. The second-order valence-corrected chi connectivity index (χ2v) is 5.52. The summed E-state index contributed by atoms with van der Waals surface area (Å²) >= 11 is 0. The van der Waals surface area contributed by atoms with E-state index in [0.717, 1.165) is 16.8 Å². The number of ether oxygens (including phenoxy) is 2. The monoisotopic (exact) mass is 331 g/mol. The van der Waals surface area contributed by atoms with Crippen LogP contribution in [0, 0.1) is 5.82 Å². The lowest BCUT2D eigenvalue weighted by Crippen LogP contribution is -2.31. The number of carbonyl (C=O) groups is 1. The maximum atomic E-state index is 13.1. The number of allylic oxidation sites excluding steroid dienone is 1. The van der Waals surface area contributed by atoms with Gasteiger partial charge in [-0.25, -0.2) is 4.39 Å². The fourth-order valence-corrected chi connectivity index (χ4v) is 2.52. The molecule has 0 saturated carbocycles. The Morgan fingerprint density at radius 2 is 2.00 bits per heavy atom. The lowest BCUT2D eigenvalue weighted by molar-refractivity contribution is -0.132. The molecule has 1 N–H and O–H groups in total. The summed E-state index contributed by atoms with van der Waals surface area (Å²) in [5.74, 6) is 0.169. The minimum absolute atomic E-state index is 0.232. The quantitative estimate of drug-likeness (QED) is 0.934. The van der Waals surface area contributed by atoms with E-state index in [1.807, 2.05) is 0 Å². The minimum atomic E-state index is -0.302. The van der Waals surface area contributed by atoms with Crippen LogP contribution in [0.15, 0.2) is 42.0 Å². The van der Waals surface area contributed by atoms with E-state index in [9.17, 15) is 9.18 Å². The van der Waals surface area contributed by atoms with Gasteiger partial charge in [-0.2, -0.15) is 5.10 Å². The van der Waals surface area contributed by atoms with Crippen LogP contribution in [-0.4, -0.2) is 41.3 Å². The standard InChI is InChI=1S/C17H18FN3O3/c1-11-16(24-8-7-23-11)17(22)21(2)10-13-9-19-20-15(13)12-3-5-14(18)6-4-12/h3-6,9H,7-8,10H2,1-2H3,(H,19,20). The van der Waals surface area contributed by atoms with E-state index < -0.39 is 0 Å². The molecular formula is C17H18FN3O3. The third-order valence-electron chi connectivity index (χ3n) is 3.77. The SMILES string of the molecule is CC1=C(C(=O)N(C)Cc2cn[nH]c2-c2ccc(F)cc2)OCCO1. The van der Waals surface area contributed by atoms with Gasteiger partial charge in [-0.15, -0.1) is 0 Å². The number of hydrogen-bond acceptors (Lipinski definition) is 4. The first-order chi connectivity index (χ1) is 11.6. The zero-order valence-corrected chi connectivity index (χ0v) is 13.5. The Morgan fingerprint density at radius 3 is 2.71 bits per heavy atom. The molecule has 7 heteroatoms. The molecule has 1 aliphatic heterocycles. The number of nitrogens with zero attached hydrogens (tertiary/aromatic N) is 2. The van der Waals surface area contributed by atoms with Gasteiger partial charge in [0.1, 0.15) is 24.8 Å². The van der Waals surface area contributed by atoms with Crippen molar-refractivity contribution in [1.29, 1.82) is 0 Å². The first-order valence-electron chi connectivity index (χ1n) is 7.56. The fourth-order valence-electron chi connectivity index (χ4n) is 2.52. The highest BCUT2D eigenvalue weighted by Gasteiger charge is 2.24. The van der Waals surface area contributed by atoms with Gasteiger partial charge >= 0.3 is 0 Å². The number of benzene rings is 1. The van der Waals surface area contributed by atoms with Crippen LogP contribution >= 0.6 is 0 Å². The van der Waals surface area contributed by atoms with E-state index in [1.165, 1.54) is 17.0 Å². The lowest BCUT2D eigenvalue weighted by atomic mass is 10.1. The second-order valence-electron chi connectivity index (χ2n) is 5.52. The van der Waals surface area contributed by atoms with Gasteiger partial charge in [0.25, 0.3) is 5.91 Å². The minimum Gasteiger partial charge on any atom is -0.491 e. The molecule has 0 unspecified atom stereocenters. The zero-order valence-electron chi connectivity index (χ0n) is 13.5. The molecule has 2 aromatic rings. The number of nitrogens with one attached hydrogen (secondary N) is 1. The highest BCUT2D eigenvalue weighted by atomic mass is 19.1. The van der Waals surface area contributed by atoms with Crippen LogP contribution < -0.4 is 0 Å². The number of rotatable bonds is 4. The molecule has 6 nitrogen and oxygen atoms in total. The molecule has 0 spiro atoms. The summed E-state index contributed by atoms with van der Waals surface area (Å²) in [5, 5.41) is 6.93. The smallest absolute Gasteiger partial charge is 0.292 e. The van der Waals surface area contributed by atoms with Crippen molar-refractivity contribution in [3.8, 4) is 11.3 Å². The van der Waals surface area contributed by atoms with Crippen LogP contribution in [0.4, 0.5) is 4.39 Å².